The summed E-state index contributed by atoms with van der Waals surface area (Å²) in [4.78, 5) is 30.1. The zero-order valence-corrected chi connectivity index (χ0v) is 12.9. The minimum atomic E-state index is -1.11. The summed E-state index contributed by atoms with van der Waals surface area (Å²) in [6.07, 6.45) is 5.93. The third-order valence-electron chi connectivity index (χ3n) is 4.63. The van der Waals surface area contributed by atoms with Gasteiger partial charge in [0.15, 0.2) is 11.6 Å². The van der Waals surface area contributed by atoms with Gasteiger partial charge in [0.1, 0.15) is 5.56 Å². The van der Waals surface area contributed by atoms with E-state index in [1.54, 1.807) is 4.57 Å². The van der Waals surface area contributed by atoms with Crippen LogP contribution in [0.4, 0.5) is 8.78 Å². The maximum atomic E-state index is 13.6. The second kappa shape index (κ2) is 5.66. The molecule has 2 aromatic rings. The van der Waals surface area contributed by atoms with E-state index >= 15 is 0 Å². The second-order valence-corrected chi connectivity index (χ2v) is 6.40. The summed E-state index contributed by atoms with van der Waals surface area (Å²) in [6.45, 7) is 0. The van der Waals surface area contributed by atoms with Crippen molar-refractivity contribution in [3.05, 3.63) is 45.8 Å². The Morgan fingerprint density at radius 1 is 1.17 bits per heavy atom. The van der Waals surface area contributed by atoms with E-state index in [4.69, 9.17) is 4.84 Å². The van der Waals surface area contributed by atoms with Gasteiger partial charge in [0.25, 0.3) is 5.91 Å². The van der Waals surface area contributed by atoms with Crippen molar-refractivity contribution < 1.29 is 18.4 Å². The number of rotatable bonds is 4. The lowest BCUT2D eigenvalue weighted by Gasteiger charge is -2.24. The van der Waals surface area contributed by atoms with E-state index in [1.807, 2.05) is 0 Å². The van der Waals surface area contributed by atoms with E-state index in [1.165, 1.54) is 6.20 Å². The number of fused-ring (bicyclic) bond motifs is 1. The molecule has 2 fully saturated rings. The zero-order chi connectivity index (χ0) is 16.8. The quantitative estimate of drug-likeness (QED) is 0.875. The van der Waals surface area contributed by atoms with E-state index in [0.29, 0.717) is 5.52 Å². The van der Waals surface area contributed by atoms with Crippen molar-refractivity contribution in [1.82, 2.24) is 10.0 Å². The SMILES string of the molecule is O=C(NOC1CCC1)c1cn(C2CC2)c2cc(F)c(F)cc2c1=O. The molecule has 126 valence electrons. The molecule has 1 aromatic heterocycles. The number of nitrogens with one attached hydrogen (secondary N) is 1. The maximum Gasteiger partial charge on any atom is 0.280 e. The number of pyridine rings is 1. The van der Waals surface area contributed by atoms with Gasteiger partial charge in [0.2, 0.25) is 5.43 Å². The number of nitrogens with zero attached hydrogens (tertiary/aromatic N) is 1. The topological polar surface area (TPSA) is 60.3 Å². The van der Waals surface area contributed by atoms with Crippen LogP contribution in [0.3, 0.4) is 0 Å². The van der Waals surface area contributed by atoms with Crippen LogP contribution in [0.2, 0.25) is 0 Å². The molecule has 0 aliphatic heterocycles. The standard InChI is InChI=1S/C17H16F2N2O3/c18-13-6-11-15(7-14(13)19)21(9-4-5-9)8-12(16(11)22)17(23)20-24-10-2-1-3-10/h6-10H,1-5H2,(H,20,23). The fraction of sp³-hybridized carbons (Fsp3) is 0.412. The molecule has 0 bridgehead atoms. The predicted octanol–water partition coefficient (Wildman–Crippen LogP) is 2.83. The van der Waals surface area contributed by atoms with Gasteiger partial charge >= 0.3 is 0 Å². The summed E-state index contributed by atoms with van der Waals surface area (Å²) < 4.78 is 28.8. The number of carbonyl (C=O) groups excluding carboxylic acids is 1. The molecule has 2 saturated carbocycles. The van der Waals surface area contributed by atoms with Crippen LogP contribution in [-0.4, -0.2) is 16.6 Å². The summed E-state index contributed by atoms with van der Waals surface area (Å²) in [7, 11) is 0. The minimum Gasteiger partial charge on any atom is -0.343 e. The fourth-order valence-corrected chi connectivity index (χ4v) is 2.84. The Morgan fingerprint density at radius 2 is 1.88 bits per heavy atom. The summed E-state index contributed by atoms with van der Waals surface area (Å²) in [6, 6.07) is 1.96. The normalized spacial score (nSPS) is 17.8. The Morgan fingerprint density at radius 3 is 2.50 bits per heavy atom. The Bertz CT molecular complexity index is 886. The van der Waals surface area contributed by atoms with Crippen molar-refractivity contribution in [3.63, 3.8) is 0 Å². The number of benzene rings is 1. The Hall–Kier alpha value is -2.28. The lowest BCUT2D eigenvalue weighted by atomic mass is 9.97. The molecule has 0 spiro atoms. The van der Waals surface area contributed by atoms with Gasteiger partial charge in [-0.3, -0.25) is 14.4 Å². The fourth-order valence-electron chi connectivity index (χ4n) is 2.84. The number of hydrogen-bond acceptors (Lipinski definition) is 3. The summed E-state index contributed by atoms with van der Waals surface area (Å²) in [5.41, 5.74) is 1.85. The smallest absolute Gasteiger partial charge is 0.280 e. The predicted molar refractivity (Wildman–Crippen MR) is 82.6 cm³/mol. The molecule has 1 N–H and O–H groups in total. The minimum absolute atomic E-state index is 0.00269. The number of aromatic nitrogens is 1. The average Bonchev–Trinajstić information content (AvgIpc) is 3.33. The number of hydroxylamine groups is 1. The van der Waals surface area contributed by atoms with Gasteiger partial charge in [-0.25, -0.2) is 14.3 Å². The van der Waals surface area contributed by atoms with E-state index in [-0.39, 0.29) is 23.1 Å². The number of carbonyl (C=O) groups is 1. The van der Waals surface area contributed by atoms with Crippen molar-refractivity contribution >= 4 is 16.8 Å². The van der Waals surface area contributed by atoms with Crippen LogP contribution in [0.1, 0.15) is 48.5 Å². The van der Waals surface area contributed by atoms with Crippen LogP contribution in [0.25, 0.3) is 10.9 Å². The van der Waals surface area contributed by atoms with Crippen LogP contribution in [0.15, 0.2) is 23.1 Å². The van der Waals surface area contributed by atoms with Gasteiger partial charge in [-0.05, 0) is 38.2 Å². The molecule has 0 atom stereocenters. The van der Waals surface area contributed by atoms with Crippen LogP contribution in [0.5, 0.6) is 0 Å². The highest BCUT2D eigenvalue weighted by Crippen LogP contribution is 2.37. The Labute approximate surface area is 136 Å². The average molecular weight is 334 g/mol. The van der Waals surface area contributed by atoms with Gasteiger partial charge in [-0.1, -0.05) is 0 Å². The molecule has 7 heteroatoms. The lowest BCUT2D eigenvalue weighted by Crippen LogP contribution is -2.35. The first kappa shape index (κ1) is 15.3. The third kappa shape index (κ3) is 2.58. The highest BCUT2D eigenvalue weighted by atomic mass is 19.2. The highest BCUT2D eigenvalue weighted by Gasteiger charge is 2.28. The van der Waals surface area contributed by atoms with Gasteiger partial charge in [0.05, 0.1) is 11.6 Å². The third-order valence-corrected chi connectivity index (χ3v) is 4.63. The molecule has 5 nitrogen and oxygen atoms in total. The first-order valence-electron chi connectivity index (χ1n) is 8.04. The molecule has 0 saturated heterocycles. The van der Waals surface area contributed by atoms with Crippen LogP contribution in [0, 0.1) is 11.6 Å². The van der Waals surface area contributed by atoms with Gasteiger partial charge in [0, 0.05) is 23.7 Å². The van der Waals surface area contributed by atoms with Crippen LogP contribution < -0.4 is 10.9 Å². The Balaban J connectivity index is 1.77. The molecule has 1 aromatic carbocycles. The molecular formula is C17H16F2N2O3. The largest absolute Gasteiger partial charge is 0.343 e. The van der Waals surface area contributed by atoms with Crippen molar-refractivity contribution in [2.45, 2.75) is 44.2 Å². The number of halogens is 2. The summed E-state index contributed by atoms with van der Waals surface area (Å²) in [5.74, 6) is -2.78. The summed E-state index contributed by atoms with van der Waals surface area (Å²) in [5, 5.41) is -0.00269. The van der Waals surface area contributed by atoms with E-state index in [9.17, 15) is 18.4 Å². The van der Waals surface area contributed by atoms with Crippen molar-refractivity contribution in [1.29, 1.82) is 0 Å². The first-order chi connectivity index (χ1) is 11.5. The van der Waals surface area contributed by atoms with Gasteiger partial charge < -0.3 is 4.57 Å². The maximum absolute atomic E-state index is 13.6. The van der Waals surface area contributed by atoms with E-state index in [2.05, 4.69) is 5.48 Å². The van der Waals surface area contributed by atoms with Gasteiger partial charge in [-0.2, -0.15) is 0 Å². The number of amides is 1. The van der Waals surface area contributed by atoms with Crippen molar-refractivity contribution in [2.75, 3.05) is 0 Å². The highest BCUT2D eigenvalue weighted by molar-refractivity contribution is 5.96. The van der Waals surface area contributed by atoms with Crippen LogP contribution >= 0.6 is 0 Å². The van der Waals surface area contributed by atoms with E-state index in [0.717, 1.165) is 44.2 Å². The molecule has 2 aliphatic rings. The molecule has 4 rings (SSSR count). The number of hydrogen-bond donors (Lipinski definition) is 1. The molecule has 24 heavy (non-hydrogen) atoms. The monoisotopic (exact) mass is 334 g/mol. The van der Waals surface area contributed by atoms with E-state index < -0.39 is 23.0 Å². The van der Waals surface area contributed by atoms with Gasteiger partial charge in [-0.15, -0.1) is 0 Å². The molecule has 1 amide bonds. The lowest BCUT2D eigenvalue weighted by molar-refractivity contribution is -0.0508. The Kier molecular flexibility index (Phi) is 3.60. The molecule has 2 aliphatic carbocycles. The molecule has 0 radical (unpaired) electrons. The first-order valence-corrected chi connectivity index (χ1v) is 8.04. The second-order valence-electron chi connectivity index (χ2n) is 6.40. The molecule has 0 unspecified atom stereocenters. The van der Waals surface area contributed by atoms with Crippen molar-refractivity contribution in [2.24, 2.45) is 0 Å². The summed E-state index contributed by atoms with van der Waals surface area (Å²) >= 11 is 0. The molecule has 1 heterocycles. The molecular weight excluding hydrogens is 318 g/mol. The zero-order valence-electron chi connectivity index (χ0n) is 12.9. The van der Waals surface area contributed by atoms with Crippen LogP contribution in [-0.2, 0) is 4.84 Å². The van der Waals surface area contributed by atoms with Crippen molar-refractivity contribution in [3.8, 4) is 0 Å².